The number of thiophene rings is 1. The van der Waals surface area contributed by atoms with Gasteiger partial charge in [-0.2, -0.15) is 0 Å². The largest absolute Gasteiger partial charge is 0.456 e. The quantitative estimate of drug-likeness (QED) is 0.224. The Hall–Kier alpha value is -4.86. The number of aromatic nitrogens is 1. The lowest BCUT2D eigenvalue weighted by atomic mass is 10.00. The zero-order valence-electron chi connectivity index (χ0n) is 20.9. The Morgan fingerprint density at radius 3 is 2.03 bits per heavy atom. The molecule has 0 bridgehead atoms. The van der Waals surface area contributed by atoms with Crippen LogP contribution in [-0.2, 0) is 0 Å². The van der Waals surface area contributed by atoms with Crippen LogP contribution in [0, 0.1) is 0 Å². The lowest BCUT2D eigenvalue weighted by Crippen LogP contribution is -1.94. The van der Waals surface area contributed by atoms with E-state index in [9.17, 15) is 0 Å². The molecular weight excluding hydrogens is 494 g/mol. The van der Waals surface area contributed by atoms with Crippen molar-refractivity contribution in [1.29, 1.82) is 0 Å². The van der Waals surface area contributed by atoms with E-state index in [1.54, 1.807) is 0 Å². The molecule has 0 fully saturated rings. The molecule has 6 aromatic carbocycles. The standard InChI is InChI=1S/C36H21NOS/c1-4-14-29-24(9-1)25-10-2-5-15-30(25)37(29)31-16-8-17-33-35(31)28-21-22(19-20-32(28)38-33)23-12-7-13-27-26-11-3-6-18-34(26)39-36(23)27/h1-21H. The summed E-state index contributed by atoms with van der Waals surface area (Å²) in [6.45, 7) is 0. The molecule has 3 heteroatoms. The first-order valence-corrected chi connectivity index (χ1v) is 14.0. The second-order valence-electron chi connectivity index (χ2n) is 10.1. The molecule has 0 spiro atoms. The third-order valence-electron chi connectivity index (χ3n) is 8.01. The molecule has 0 unspecified atom stereocenters. The van der Waals surface area contributed by atoms with Crippen molar-refractivity contribution in [3.63, 3.8) is 0 Å². The molecule has 0 aliphatic rings. The highest BCUT2D eigenvalue weighted by molar-refractivity contribution is 7.26. The summed E-state index contributed by atoms with van der Waals surface area (Å²) in [5.74, 6) is 0. The van der Waals surface area contributed by atoms with Crippen molar-refractivity contribution in [1.82, 2.24) is 4.57 Å². The number of para-hydroxylation sites is 2. The molecule has 0 N–H and O–H groups in total. The molecule has 0 atom stereocenters. The lowest BCUT2D eigenvalue weighted by Gasteiger charge is -2.10. The number of furan rings is 1. The van der Waals surface area contributed by atoms with Crippen LogP contribution in [0.5, 0.6) is 0 Å². The highest BCUT2D eigenvalue weighted by atomic mass is 32.1. The predicted octanol–water partition coefficient (Wildman–Crippen LogP) is 10.7. The van der Waals surface area contributed by atoms with Crippen molar-refractivity contribution in [2.75, 3.05) is 0 Å². The minimum absolute atomic E-state index is 0.904. The molecule has 9 aromatic rings. The number of fused-ring (bicyclic) bond motifs is 9. The van der Waals surface area contributed by atoms with Gasteiger partial charge in [-0.05, 0) is 53.6 Å². The summed E-state index contributed by atoms with van der Waals surface area (Å²) < 4.78 is 11.5. The smallest absolute Gasteiger partial charge is 0.137 e. The van der Waals surface area contributed by atoms with E-state index in [0.29, 0.717) is 0 Å². The second-order valence-corrected chi connectivity index (χ2v) is 11.2. The summed E-state index contributed by atoms with van der Waals surface area (Å²) in [6, 6.07) is 45.7. The van der Waals surface area contributed by atoms with E-state index >= 15 is 0 Å². The fraction of sp³-hybridized carbons (Fsp3) is 0. The maximum absolute atomic E-state index is 6.43. The van der Waals surface area contributed by atoms with Crippen LogP contribution in [0.4, 0.5) is 0 Å². The van der Waals surface area contributed by atoms with Gasteiger partial charge in [-0.25, -0.2) is 0 Å². The van der Waals surface area contributed by atoms with Crippen LogP contribution in [0.25, 0.3) is 80.7 Å². The molecular formula is C36H21NOS. The molecule has 2 nitrogen and oxygen atoms in total. The van der Waals surface area contributed by atoms with Gasteiger partial charge in [-0.15, -0.1) is 11.3 Å². The predicted molar refractivity (Wildman–Crippen MR) is 166 cm³/mol. The Kier molecular flexibility index (Phi) is 4.24. The molecule has 182 valence electrons. The monoisotopic (exact) mass is 515 g/mol. The second kappa shape index (κ2) is 7.83. The molecule has 0 saturated heterocycles. The van der Waals surface area contributed by atoms with Crippen molar-refractivity contribution >= 4 is 75.3 Å². The van der Waals surface area contributed by atoms with Gasteiger partial charge in [0.25, 0.3) is 0 Å². The van der Waals surface area contributed by atoms with Gasteiger partial charge in [-0.3, -0.25) is 0 Å². The molecule has 3 heterocycles. The number of benzene rings is 6. The maximum atomic E-state index is 6.43. The highest BCUT2D eigenvalue weighted by Gasteiger charge is 2.18. The van der Waals surface area contributed by atoms with Crippen molar-refractivity contribution in [3.8, 4) is 16.8 Å². The van der Waals surface area contributed by atoms with Crippen molar-refractivity contribution in [2.24, 2.45) is 0 Å². The van der Waals surface area contributed by atoms with Crippen LogP contribution in [0.2, 0.25) is 0 Å². The van der Waals surface area contributed by atoms with Gasteiger partial charge in [0.2, 0.25) is 0 Å². The summed E-state index contributed by atoms with van der Waals surface area (Å²) in [4.78, 5) is 0. The number of rotatable bonds is 2. The molecule has 9 rings (SSSR count). The molecule has 0 radical (unpaired) electrons. The summed E-state index contributed by atoms with van der Waals surface area (Å²) in [5.41, 5.74) is 7.82. The molecule has 0 aliphatic heterocycles. The first-order chi connectivity index (χ1) is 19.3. The van der Waals surface area contributed by atoms with Crippen LogP contribution in [0.15, 0.2) is 132 Å². The Labute approximate surface area is 227 Å². The van der Waals surface area contributed by atoms with E-state index in [1.165, 1.54) is 53.1 Å². The van der Waals surface area contributed by atoms with Crippen LogP contribution in [0.1, 0.15) is 0 Å². The SMILES string of the molecule is c1cc(-n2c3ccccc3c3ccccc32)c2c(c1)oc1ccc(-c3cccc4c3sc3ccccc34)cc12. The Bertz CT molecular complexity index is 2350. The van der Waals surface area contributed by atoms with E-state index in [0.717, 1.165) is 27.6 Å². The summed E-state index contributed by atoms with van der Waals surface area (Å²) in [7, 11) is 0. The van der Waals surface area contributed by atoms with E-state index in [2.05, 4.69) is 132 Å². The van der Waals surface area contributed by atoms with Crippen molar-refractivity contribution < 1.29 is 4.42 Å². The normalized spacial score (nSPS) is 12.1. The van der Waals surface area contributed by atoms with Crippen LogP contribution < -0.4 is 0 Å². The summed E-state index contributed by atoms with van der Waals surface area (Å²) in [6.07, 6.45) is 0. The van der Waals surface area contributed by atoms with Crippen molar-refractivity contribution in [2.45, 2.75) is 0 Å². The average molecular weight is 516 g/mol. The third kappa shape index (κ3) is 2.91. The first kappa shape index (κ1) is 21.1. The third-order valence-corrected chi connectivity index (χ3v) is 9.23. The van der Waals surface area contributed by atoms with E-state index < -0.39 is 0 Å². The molecule has 39 heavy (non-hydrogen) atoms. The van der Waals surface area contributed by atoms with Crippen LogP contribution >= 0.6 is 11.3 Å². The van der Waals surface area contributed by atoms with Gasteiger partial charge >= 0.3 is 0 Å². The zero-order chi connectivity index (χ0) is 25.5. The molecule has 0 amide bonds. The van der Waals surface area contributed by atoms with E-state index in [1.807, 2.05) is 11.3 Å². The topological polar surface area (TPSA) is 18.1 Å². The van der Waals surface area contributed by atoms with Crippen molar-refractivity contribution in [3.05, 3.63) is 127 Å². The maximum Gasteiger partial charge on any atom is 0.137 e. The average Bonchev–Trinajstić information content (AvgIpc) is 3.66. The zero-order valence-corrected chi connectivity index (χ0v) is 21.7. The van der Waals surface area contributed by atoms with Gasteiger partial charge in [0.15, 0.2) is 0 Å². The Morgan fingerprint density at radius 1 is 0.513 bits per heavy atom. The fourth-order valence-corrected chi connectivity index (χ4v) is 7.56. The summed E-state index contributed by atoms with van der Waals surface area (Å²) >= 11 is 1.87. The highest BCUT2D eigenvalue weighted by Crippen LogP contribution is 2.43. The van der Waals surface area contributed by atoms with Gasteiger partial charge in [0.05, 0.1) is 22.1 Å². The first-order valence-electron chi connectivity index (χ1n) is 13.2. The molecule has 3 aromatic heterocycles. The number of hydrogen-bond acceptors (Lipinski definition) is 2. The number of nitrogens with zero attached hydrogens (tertiary/aromatic N) is 1. The van der Waals surface area contributed by atoms with Gasteiger partial charge in [0.1, 0.15) is 11.2 Å². The molecule has 0 saturated carbocycles. The Morgan fingerprint density at radius 2 is 1.21 bits per heavy atom. The van der Waals surface area contributed by atoms with Gasteiger partial charge in [0, 0.05) is 36.3 Å². The molecule has 0 aliphatic carbocycles. The number of hydrogen-bond donors (Lipinski definition) is 0. The minimum Gasteiger partial charge on any atom is -0.456 e. The van der Waals surface area contributed by atoms with E-state index in [4.69, 9.17) is 4.42 Å². The van der Waals surface area contributed by atoms with Gasteiger partial charge < -0.3 is 8.98 Å². The van der Waals surface area contributed by atoms with E-state index in [-0.39, 0.29) is 0 Å². The van der Waals surface area contributed by atoms with Crippen LogP contribution in [0.3, 0.4) is 0 Å². The Balaban J connectivity index is 1.36. The van der Waals surface area contributed by atoms with Crippen LogP contribution in [-0.4, -0.2) is 4.57 Å². The fourth-order valence-electron chi connectivity index (χ4n) is 6.32. The minimum atomic E-state index is 0.904. The van der Waals surface area contributed by atoms with Gasteiger partial charge in [-0.1, -0.05) is 84.9 Å². The lowest BCUT2D eigenvalue weighted by molar-refractivity contribution is 0.669. The summed E-state index contributed by atoms with van der Waals surface area (Å²) in [5, 5.41) is 7.44.